The summed E-state index contributed by atoms with van der Waals surface area (Å²) in [7, 11) is 2.74. The van der Waals surface area contributed by atoms with Crippen LogP contribution in [0.1, 0.15) is 66.1 Å². The second-order valence-electron chi connectivity index (χ2n) is 16.5. The first-order chi connectivity index (χ1) is 33.9. The Kier molecular flexibility index (Phi) is 23.4. The van der Waals surface area contributed by atoms with Gasteiger partial charge in [-0.15, -0.1) is 0 Å². The van der Waals surface area contributed by atoms with Crippen molar-refractivity contribution in [1.82, 2.24) is 15.2 Å². The molecule has 16 nitrogen and oxygen atoms in total. The molecule has 0 aliphatic carbocycles. The van der Waals surface area contributed by atoms with E-state index in [4.69, 9.17) is 47.4 Å². The number of thiocarbonyl (C=S) groups is 1. The maximum Gasteiger partial charge on any atom is 0.410 e. The van der Waals surface area contributed by atoms with Gasteiger partial charge in [-0.25, -0.2) is 18.6 Å². The molecule has 1 amide bonds. The highest BCUT2D eigenvalue weighted by Gasteiger charge is 2.31. The standard InChI is InChI=1S/C21H21FN4O3S.C19H28N4O3S2.C9H8BrFO2.H3P/c1-28-17-7-2-12(10-16(17)22)18(27)19-20(23)26-21(30-19)25-13-3-5-14(6-4-13)29-15-8-9-24-11-15;1-5-28-16(20)22-17(27)21-13-6-8-14(9-7-13)25-15-10-11-23(12-15)18(24)26-19(2,3)4;1-13-9-3-2-6(4-7(9)11)8(12)5-10;/h2-7,10,15,24H,8-9,11,23H2,1H3,(H,25,26);6-9,15H,5,10-12H2,1-4H3,(H3,20,21,22,27);2-4H,5H2,1H3;1H3. The van der Waals surface area contributed by atoms with Crippen LogP contribution >= 0.6 is 61.1 Å². The fourth-order valence-corrected chi connectivity index (χ4v) is 8.54. The zero-order valence-corrected chi connectivity index (χ0v) is 46.2. The van der Waals surface area contributed by atoms with Crippen LogP contribution in [0.3, 0.4) is 0 Å². The van der Waals surface area contributed by atoms with Crippen molar-refractivity contribution in [2.75, 3.05) is 67.8 Å². The van der Waals surface area contributed by atoms with Gasteiger partial charge in [0.05, 0.1) is 26.1 Å². The molecule has 0 bridgehead atoms. The molecule has 388 valence electrons. The third kappa shape index (κ3) is 18.4. The Morgan fingerprint density at radius 3 is 2.04 bits per heavy atom. The van der Waals surface area contributed by atoms with Crippen molar-refractivity contribution in [2.24, 2.45) is 10.7 Å². The first-order valence-electron chi connectivity index (χ1n) is 22.2. The molecule has 1 aromatic heterocycles. The number of nitrogens with one attached hydrogen (secondary N) is 3. The van der Waals surface area contributed by atoms with E-state index < -0.39 is 23.0 Å². The van der Waals surface area contributed by atoms with Gasteiger partial charge in [-0.3, -0.25) is 9.59 Å². The number of alkyl halides is 1. The van der Waals surface area contributed by atoms with E-state index in [0.717, 1.165) is 72.0 Å². The van der Waals surface area contributed by atoms with E-state index in [2.05, 4.69) is 41.9 Å². The number of aromatic nitrogens is 1. The third-order valence-corrected chi connectivity index (χ3v) is 12.4. The molecule has 7 rings (SSSR count). The molecule has 72 heavy (non-hydrogen) atoms. The number of rotatable bonds is 14. The predicted molar refractivity (Wildman–Crippen MR) is 296 cm³/mol. The molecule has 4 aromatic carbocycles. The average Bonchev–Trinajstić information content (AvgIpc) is 4.12. The molecule has 0 saturated carbocycles. The monoisotopic (exact) mass is 1130 g/mol. The maximum atomic E-state index is 13.9. The number of carbonyl (C=O) groups excluding carboxylic acids is 3. The van der Waals surface area contributed by atoms with E-state index in [-0.39, 0.29) is 67.1 Å². The molecule has 2 aliphatic rings. The Hall–Kier alpha value is -5.64. The number of ether oxygens (including phenoxy) is 5. The summed E-state index contributed by atoms with van der Waals surface area (Å²) in [6.45, 7) is 10.5. The predicted octanol–water partition coefficient (Wildman–Crippen LogP) is 9.90. The van der Waals surface area contributed by atoms with Crippen molar-refractivity contribution < 1.29 is 46.8 Å². The highest BCUT2D eigenvalue weighted by Crippen LogP contribution is 2.32. The number of anilines is 4. The van der Waals surface area contributed by atoms with Crippen LogP contribution in [0.2, 0.25) is 0 Å². The number of methoxy groups -OCH3 is 2. The molecule has 0 radical (unpaired) electrons. The maximum absolute atomic E-state index is 13.9. The van der Waals surface area contributed by atoms with Crippen molar-refractivity contribution in [3.8, 4) is 23.0 Å². The van der Waals surface area contributed by atoms with Crippen LogP contribution in [0.5, 0.6) is 23.0 Å². The Labute approximate surface area is 443 Å². The van der Waals surface area contributed by atoms with Gasteiger partial charge in [0.1, 0.15) is 40.0 Å². The van der Waals surface area contributed by atoms with E-state index in [1.807, 2.05) is 76.2 Å². The van der Waals surface area contributed by atoms with Crippen LogP contribution in [0.15, 0.2) is 89.9 Å². The lowest BCUT2D eigenvalue weighted by atomic mass is 10.1. The molecule has 5 aromatic rings. The average molecular weight is 1130 g/mol. The highest BCUT2D eigenvalue weighted by atomic mass is 79.9. The quantitative estimate of drug-likeness (QED) is 0.0175. The van der Waals surface area contributed by atoms with Gasteiger partial charge in [0.15, 0.2) is 44.3 Å². The zero-order chi connectivity index (χ0) is 51.7. The second-order valence-corrected chi connectivity index (χ2v) is 19.7. The molecule has 2 fully saturated rings. The lowest BCUT2D eigenvalue weighted by molar-refractivity contribution is 0.0275. The van der Waals surface area contributed by atoms with Gasteiger partial charge in [0, 0.05) is 42.0 Å². The van der Waals surface area contributed by atoms with Crippen molar-refractivity contribution in [2.45, 2.75) is 58.3 Å². The summed E-state index contributed by atoms with van der Waals surface area (Å²) in [5.41, 5.74) is 13.3. The third-order valence-electron chi connectivity index (χ3n) is 10.0. The molecule has 3 atom stereocenters. The summed E-state index contributed by atoms with van der Waals surface area (Å²) < 4.78 is 53.9. The summed E-state index contributed by atoms with van der Waals surface area (Å²) in [5.74, 6) is 1.01. The summed E-state index contributed by atoms with van der Waals surface area (Å²) in [4.78, 5) is 46.2. The van der Waals surface area contributed by atoms with Crippen molar-refractivity contribution in [1.29, 1.82) is 0 Å². The number of ketones is 2. The number of nitrogens with two attached hydrogens (primary N) is 2. The molecule has 3 unspecified atom stereocenters. The number of Topliss-reactive ketones (excluding diaryl/α,β-unsaturated/α-hetero) is 1. The van der Waals surface area contributed by atoms with Crippen molar-refractivity contribution in [3.63, 3.8) is 0 Å². The van der Waals surface area contributed by atoms with Crippen molar-refractivity contribution >= 4 is 111 Å². The Morgan fingerprint density at radius 1 is 0.917 bits per heavy atom. The van der Waals surface area contributed by atoms with Gasteiger partial charge < -0.3 is 56.0 Å². The van der Waals surface area contributed by atoms with Gasteiger partial charge in [0.2, 0.25) is 5.78 Å². The number of thioether (sulfide) groups is 1. The molecule has 0 spiro atoms. The van der Waals surface area contributed by atoms with Crippen LogP contribution < -0.4 is 46.4 Å². The van der Waals surface area contributed by atoms with E-state index in [9.17, 15) is 23.2 Å². The number of aliphatic imine (C=N–C) groups is 1. The lowest BCUT2D eigenvalue weighted by Crippen LogP contribution is -2.36. The number of benzene rings is 4. The molecular weight excluding hydrogens is 1070 g/mol. The Balaban J connectivity index is 0.000000250. The van der Waals surface area contributed by atoms with Crippen molar-refractivity contribution in [3.05, 3.63) is 113 Å². The number of nitrogens with zero attached hydrogens (tertiary/aromatic N) is 3. The van der Waals surface area contributed by atoms with E-state index in [1.54, 1.807) is 4.90 Å². The van der Waals surface area contributed by atoms with E-state index >= 15 is 0 Å². The molecule has 7 N–H and O–H groups in total. The molecule has 2 saturated heterocycles. The molecule has 23 heteroatoms. The number of carbonyl (C=O) groups is 3. The van der Waals surface area contributed by atoms with E-state index in [0.29, 0.717) is 34.1 Å². The topological polar surface area (TPSA) is 214 Å². The van der Waals surface area contributed by atoms with Crippen LogP contribution in [0.4, 0.5) is 35.9 Å². The zero-order valence-electron chi connectivity index (χ0n) is 40.7. The fourth-order valence-electron chi connectivity index (χ4n) is 6.62. The minimum Gasteiger partial charge on any atom is -0.494 e. The largest absolute Gasteiger partial charge is 0.494 e. The molecular formula is C49H60BrF2N8O8PS3. The fraction of sp³-hybridized carbons (Fsp3) is 0.347. The number of hydrogen-bond donors (Lipinski definition) is 5. The van der Waals surface area contributed by atoms with Crippen LogP contribution in [-0.2, 0) is 4.74 Å². The minimum atomic E-state index is -0.611. The summed E-state index contributed by atoms with van der Waals surface area (Å²) >= 11 is 10.7. The number of thiazole rings is 1. The number of amides is 1. The van der Waals surface area contributed by atoms with Gasteiger partial charge in [-0.2, -0.15) is 14.9 Å². The van der Waals surface area contributed by atoms with E-state index in [1.165, 1.54) is 56.3 Å². The minimum absolute atomic E-state index is 0. The Morgan fingerprint density at radius 2 is 1.50 bits per heavy atom. The smallest absolute Gasteiger partial charge is 0.410 e. The summed E-state index contributed by atoms with van der Waals surface area (Å²) in [6, 6.07) is 23.1. The number of nitrogen functional groups attached to an aromatic ring is 1. The second kappa shape index (κ2) is 28.6. The first kappa shape index (κ1) is 58.9. The van der Waals surface area contributed by atoms with Crippen LogP contribution in [0, 0.1) is 11.6 Å². The summed E-state index contributed by atoms with van der Waals surface area (Å²) in [5, 5.41) is 10.8. The van der Waals surface area contributed by atoms with Crippen LogP contribution in [-0.4, -0.2) is 107 Å². The highest BCUT2D eigenvalue weighted by molar-refractivity contribution is 9.09. The number of amidine groups is 1. The molecule has 2 aliphatic heterocycles. The normalized spacial score (nSPS) is 15.1. The first-order valence-corrected chi connectivity index (χ1v) is 25.6. The SMILES string of the molecule is CCSC(N)=NC(=S)Nc1ccc(OC2CCN(C(=O)OC(C)(C)C)C2)cc1.COc1ccc(C(=O)CBr)cc1F.COc1ccc(C(=O)c2sc(Nc3ccc(OC4CCNC4)cc3)nc2N)cc1F.P. The van der Waals surface area contributed by atoms with Gasteiger partial charge in [0.25, 0.3) is 0 Å². The number of halogens is 3. The number of likely N-dealkylation sites (tertiary alicyclic amines) is 1. The lowest BCUT2D eigenvalue weighted by Gasteiger charge is -2.24. The van der Waals surface area contributed by atoms with Gasteiger partial charge in [-0.1, -0.05) is 46.0 Å². The number of hydrogen-bond acceptors (Lipinski definition) is 15. The van der Waals surface area contributed by atoms with Gasteiger partial charge in [-0.05, 0) is 137 Å². The molecule has 3 heterocycles. The Bertz CT molecular complexity index is 2640. The van der Waals surface area contributed by atoms with Crippen LogP contribution in [0.25, 0.3) is 0 Å². The van der Waals surface area contributed by atoms with Gasteiger partial charge >= 0.3 is 6.09 Å². The summed E-state index contributed by atoms with van der Waals surface area (Å²) in [6.07, 6.45) is 1.61.